The summed E-state index contributed by atoms with van der Waals surface area (Å²) in [5.41, 5.74) is 1.24. The van der Waals surface area contributed by atoms with E-state index in [0.717, 1.165) is 0 Å². The zero-order valence-electron chi connectivity index (χ0n) is 14.4. The Morgan fingerprint density at radius 2 is 1.65 bits per heavy atom. The lowest BCUT2D eigenvalue weighted by molar-refractivity contribution is -0.114. The second-order valence-electron chi connectivity index (χ2n) is 5.22. The molecule has 0 radical (unpaired) electrons. The van der Waals surface area contributed by atoms with Crippen molar-refractivity contribution in [3.63, 3.8) is 0 Å². The van der Waals surface area contributed by atoms with Crippen LogP contribution in [-0.4, -0.2) is 47.9 Å². The quantitative estimate of drug-likeness (QED) is 0.624. The van der Waals surface area contributed by atoms with Crippen molar-refractivity contribution in [1.82, 2.24) is 20.6 Å². The Kier molecular flexibility index (Phi) is 6.60. The summed E-state index contributed by atoms with van der Waals surface area (Å²) in [5, 5.41) is 7.95. The van der Waals surface area contributed by atoms with Crippen LogP contribution in [0.4, 0.5) is 5.69 Å². The summed E-state index contributed by atoms with van der Waals surface area (Å²) in [6.07, 6.45) is 1.24. The lowest BCUT2D eigenvalue weighted by atomic mass is 10.2. The van der Waals surface area contributed by atoms with E-state index in [0.29, 0.717) is 17.1 Å². The van der Waals surface area contributed by atoms with E-state index >= 15 is 0 Å². The van der Waals surface area contributed by atoms with Gasteiger partial charge in [0.15, 0.2) is 0 Å². The van der Waals surface area contributed by atoms with Gasteiger partial charge in [-0.15, -0.1) is 0 Å². The Morgan fingerprint density at radius 1 is 1.00 bits per heavy atom. The number of hydrogen-bond donors (Lipinski definition) is 3. The average molecular weight is 357 g/mol. The van der Waals surface area contributed by atoms with Crippen LogP contribution in [0.2, 0.25) is 0 Å². The Morgan fingerprint density at radius 3 is 2.27 bits per heavy atom. The van der Waals surface area contributed by atoms with Crippen LogP contribution in [0.3, 0.4) is 0 Å². The molecule has 0 bridgehead atoms. The molecule has 0 atom stereocenters. The van der Waals surface area contributed by atoms with Gasteiger partial charge in [0.25, 0.3) is 11.8 Å². The minimum Gasteiger partial charge on any atom is -0.481 e. The Balaban J connectivity index is 1.77. The number of ether oxygens (including phenoxy) is 1. The maximum absolute atomic E-state index is 12.0. The van der Waals surface area contributed by atoms with Crippen molar-refractivity contribution in [2.24, 2.45) is 0 Å². The second-order valence-corrected chi connectivity index (χ2v) is 5.22. The summed E-state index contributed by atoms with van der Waals surface area (Å²) in [6, 6.07) is 7.91. The van der Waals surface area contributed by atoms with E-state index in [2.05, 4.69) is 25.9 Å². The Bertz CT molecular complexity index is 792. The van der Waals surface area contributed by atoms with E-state index < -0.39 is 0 Å². The highest BCUT2D eigenvalue weighted by Crippen LogP contribution is 2.09. The van der Waals surface area contributed by atoms with Gasteiger partial charge in [0.05, 0.1) is 7.11 Å². The first-order valence-electron chi connectivity index (χ1n) is 7.79. The van der Waals surface area contributed by atoms with Crippen LogP contribution in [0.15, 0.2) is 36.7 Å². The number of nitrogens with one attached hydrogen (secondary N) is 3. The highest BCUT2D eigenvalue weighted by Gasteiger charge is 2.09. The van der Waals surface area contributed by atoms with Crippen molar-refractivity contribution >= 4 is 23.4 Å². The van der Waals surface area contributed by atoms with Crippen LogP contribution in [0.1, 0.15) is 27.8 Å². The van der Waals surface area contributed by atoms with Crippen LogP contribution in [-0.2, 0) is 4.79 Å². The topological polar surface area (TPSA) is 122 Å². The van der Waals surface area contributed by atoms with E-state index in [1.807, 2.05) is 0 Å². The average Bonchev–Trinajstić information content (AvgIpc) is 2.65. The number of anilines is 1. The molecule has 136 valence electrons. The number of carbonyl (C=O) groups is 3. The van der Waals surface area contributed by atoms with Crippen LogP contribution in [0, 0.1) is 0 Å². The predicted molar refractivity (Wildman–Crippen MR) is 94.0 cm³/mol. The molecule has 0 unspecified atom stereocenters. The van der Waals surface area contributed by atoms with Gasteiger partial charge >= 0.3 is 0 Å². The minimum atomic E-state index is -0.389. The first-order valence-corrected chi connectivity index (χ1v) is 7.79. The molecule has 2 aromatic rings. The first kappa shape index (κ1) is 18.8. The number of amides is 3. The third-order valence-corrected chi connectivity index (χ3v) is 3.25. The fourth-order valence-corrected chi connectivity index (χ4v) is 2.03. The summed E-state index contributed by atoms with van der Waals surface area (Å²) < 4.78 is 4.93. The minimum absolute atomic E-state index is 0.178. The molecule has 0 spiro atoms. The molecule has 1 heterocycles. The number of carbonyl (C=O) groups excluding carboxylic acids is 3. The van der Waals surface area contributed by atoms with Gasteiger partial charge in [-0.3, -0.25) is 14.4 Å². The highest BCUT2D eigenvalue weighted by atomic mass is 16.5. The molecule has 26 heavy (non-hydrogen) atoms. The molecular formula is C17H19N5O4. The molecule has 1 aromatic heterocycles. The van der Waals surface area contributed by atoms with Gasteiger partial charge in [0.1, 0.15) is 12.0 Å². The zero-order valence-corrected chi connectivity index (χ0v) is 14.4. The summed E-state index contributed by atoms with van der Waals surface area (Å²) >= 11 is 0. The van der Waals surface area contributed by atoms with E-state index in [1.165, 1.54) is 26.4 Å². The molecule has 0 saturated heterocycles. The standard InChI is InChI=1S/C17H19N5O4/c1-11(23)22-13-5-3-12(4-6-13)16(24)18-7-8-19-17(25)14-9-15(26-2)21-10-20-14/h3-6,9-10H,7-8H2,1-2H3,(H,18,24)(H,19,25)(H,22,23). The number of hydrogen-bond acceptors (Lipinski definition) is 6. The van der Waals surface area contributed by atoms with Gasteiger partial charge in [0, 0.05) is 37.3 Å². The lowest BCUT2D eigenvalue weighted by Crippen LogP contribution is -2.35. The highest BCUT2D eigenvalue weighted by molar-refractivity contribution is 5.95. The number of methoxy groups -OCH3 is 1. The number of benzene rings is 1. The number of aromatic nitrogens is 2. The third-order valence-electron chi connectivity index (χ3n) is 3.25. The molecule has 2 rings (SSSR count). The van der Waals surface area contributed by atoms with Gasteiger partial charge in [-0.2, -0.15) is 0 Å². The molecule has 1 aromatic carbocycles. The van der Waals surface area contributed by atoms with E-state index in [-0.39, 0.29) is 36.5 Å². The largest absolute Gasteiger partial charge is 0.481 e. The van der Waals surface area contributed by atoms with Crippen molar-refractivity contribution in [2.45, 2.75) is 6.92 Å². The second kappa shape index (κ2) is 9.11. The molecule has 3 amide bonds. The van der Waals surface area contributed by atoms with Crippen molar-refractivity contribution in [3.05, 3.63) is 47.9 Å². The monoisotopic (exact) mass is 357 g/mol. The fraction of sp³-hybridized carbons (Fsp3) is 0.235. The van der Waals surface area contributed by atoms with Crippen LogP contribution in [0.25, 0.3) is 0 Å². The van der Waals surface area contributed by atoms with Crippen molar-refractivity contribution in [1.29, 1.82) is 0 Å². The van der Waals surface area contributed by atoms with Crippen LogP contribution >= 0.6 is 0 Å². The van der Waals surface area contributed by atoms with Gasteiger partial charge in [-0.05, 0) is 24.3 Å². The van der Waals surface area contributed by atoms with Gasteiger partial charge in [-0.25, -0.2) is 9.97 Å². The summed E-state index contributed by atoms with van der Waals surface area (Å²) in [6.45, 7) is 1.90. The number of rotatable bonds is 7. The zero-order chi connectivity index (χ0) is 18.9. The van der Waals surface area contributed by atoms with Crippen molar-refractivity contribution < 1.29 is 19.1 Å². The van der Waals surface area contributed by atoms with Gasteiger partial charge in [-0.1, -0.05) is 0 Å². The first-order chi connectivity index (χ1) is 12.5. The van der Waals surface area contributed by atoms with Gasteiger partial charge in [0.2, 0.25) is 11.8 Å². The molecule has 0 saturated carbocycles. The third kappa shape index (κ3) is 5.55. The maximum atomic E-state index is 12.0. The lowest BCUT2D eigenvalue weighted by Gasteiger charge is -2.08. The summed E-state index contributed by atoms with van der Waals surface area (Å²) in [7, 11) is 1.45. The molecule has 0 aliphatic heterocycles. The fourth-order valence-electron chi connectivity index (χ4n) is 2.03. The molecular weight excluding hydrogens is 338 g/mol. The molecule has 0 aliphatic rings. The molecule has 0 fully saturated rings. The van der Waals surface area contributed by atoms with E-state index in [1.54, 1.807) is 24.3 Å². The van der Waals surface area contributed by atoms with Gasteiger partial charge < -0.3 is 20.7 Å². The normalized spacial score (nSPS) is 9.92. The maximum Gasteiger partial charge on any atom is 0.270 e. The Labute approximate surface area is 150 Å². The SMILES string of the molecule is COc1cc(C(=O)NCCNC(=O)c2ccc(NC(C)=O)cc2)ncn1. The molecule has 0 aliphatic carbocycles. The molecule has 3 N–H and O–H groups in total. The number of nitrogens with zero attached hydrogens (tertiary/aromatic N) is 2. The smallest absolute Gasteiger partial charge is 0.270 e. The Hall–Kier alpha value is -3.49. The molecule has 9 nitrogen and oxygen atoms in total. The van der Waals surface area contributed by atoms with Crippen molar-refractivity contribution in [2.75, 3.05) is 25.5 Å². The summed E-state index contributed by atoms with van der Waals surface area (Å²) in [5.74, 6) is -0.558. The van der Waals surface area contributed by atoms with Crippen LogP contribution in [0.5, 0.6) is 5.88 Å². The van der Waals surface area contributed by atoms with E-state index in [9.17, 15) is 14.4 Å². The summed E-state index contributed by atoms with van der Waals surface area (Å²) in [4.78, 5) is 42.6. The van der Waals surface area contributed by atoms with Crippen LogP contribution < -0.4 is 20.7 Å². The van der Waals surface area contributed by atoms with Crippen molar-refractivity contribution in [3.8, 4) is 5.88 Å². The molecule has 9 heteroatoms. The van der Waals surface area contributed by atoms with E-state index in [4.69, 9.17) is 4.74 Å². The predicted octanol–water partition coefficient (Wildman–Crippen LogP) is 0.603.